The summed E-state index contributed by atoms with van der Waals surface area (Å²) in [5, 5.41) is 2.75. The highest BCUT2D eigenvalue weighted by atomic mass is 16.5. The molecule has 1 amide bonds. The van der Waals surface area contributed by atoms with Crippen LogP contribution in [0.3, 0.4) is 0 Å². The summed E-state index contributed by atoms with van der Waals surface area (Å²) >= 11 is 0. The molecule has 0 saturated carbocycles. The maximum atomic E-state index is 12.8. The molecule has 2 aromatic heterocycles. The van der Waals surface area contributed by atoms with E-state index in [-0.39, 0.29) is 23.7 Å². The molecule has 3 aromatic rings. The van der Waals surface area contributed by atoms with Crippen LogP contribution in [-0.2, 0) is 35.0 Å². The highest BCUT2D eigenvalue weighted by Gasteiger charge is 2.22. The third kappa shape index (κ3) is 4.73. The van der Waals surface area contributed by atoms with Crippen LogP contribution in [0.4, 0.5) is 0 Å². The normalized spacial score (nSPS) is 12.2. The van der Waals surface area contributed by atoms with Crippen LogP contribution in [0.1, 0.15) is 31.9 Å². The molecule has 2 heterocycles. The number of benzene rings is 1. The number of carbonyl (C=O) groups is 2. The highest BCUT2D eigenvalue weighted by molar-refractivity contribution is 5.78. The first kappa shape index (κ1) is 22.0. The Morgan fingerprint density at radius 2 is 1.81 bits per heavy atom. The van der Waals surface area contributed by atoms with Crippen molar-refractivity contribution in [3.63, 3.8) is 0 Å². The minimum absolute atomic E-state index is 0.0817. The van der Waals surface area contributed by atoms with E-state index in [1.165, 1.54) is 22.5 Å². The molecule has 0 saturated heterocycles. The van der Waals surface area contributed by atoms with Gasteiger partial charge < -0.3 is 14.6 Å². The lowest BCUT2D eigenvalue weighted by molar-refractivity contribution is -0.148. The van der Waals surface area contributed by atoms with Crippen molar-refractivity contribution in [1.29, 1.82) is 0 Å². The van der Waals surface area contributed by atoms with Crippen molar-refractivity contribution in [3.05, 3.63) is 63.1 Å². The predicted molar refractivity (Wildman–Crippen MR) is 113 cm³/mol. The number of hydrogen-bond acceptors (Lipinski definition) is 6. The smallest absolute Gasteiger partial charge is 0.332 e. The average molecular weight is 427 g/mol. The first-order chi connectivity index (χ1) is 14.7. The van der Waals surface area contributed by atoms with Crippen molar-refractivity contribution in [2.24, 2.45) is 14.1 Å². The maximum absolute atomic E-state index is 12.8. The first-order valence-corrected chi connectivity index (χ1v) is 9.83. The summed E-state index contributed by atoms with van der Waals surface area (Å²) in [6, 6.07) is 8.29. The number of rotatable bonds is 7. The van der Waals surface area contributed by atoms with Crippen LogP contribution < -0.4 is 16.6 Å². The highest BCUT2D eigenvalue weighted by Crippen LogP contribution is 2.17. The van der Waals surface area contributed by atoms with Gasteiger partial charge in [-0.3, -0.25) is 19.0 Å². The van der Waals surface area contributed by atoms with Crippen molar-refractivity contribution in [2.45, 2.75) is 39.0 Å². The number of esters is 1. The molecule has 3 rings (SSSR count). The van der Waals surface area contributed by atoms with E-state index in [1.54, 1.807) is 45.2 Å². The molecule has 0 fully saturated rings. The van der Waals surface area contributed by atoms with Crippen LogP contribution in [0.15, 0.2) is 46.2 Å². The van der Waals surface area contributed by atoms with Crippen molar-refractivity contribution < 1.29 is 14.3 Å². The van der Waals surface area contributed by atoms with Crippen LogP contribution in [0.2, 0.25) is 0 Å². The lowest BCUT2D eigenvalue weighted by atomic mass is 10.0. The quantitative estimate of drug-likeness (QED) is 0.553. The molecular weight excluding hydrogens is 402 g/mol. The van der Waals surface area contributed by atoms with Gasteiger partial charge in [-0.15, -0.1) is 0 Å². The van der Waals surface area contributed by atoms with E-state index in [0.29, 0.717) is 5.56 Å². The molecule has 31 heavy (non-hydrogen) atoms. The fraction of sp³-hybridized carbons (Fsp3) is 0.381. The molecule has 0 bridgehead atoms. The Hall–Kier alpha value is -3.69. The number of amides is 1. The van der Waals surface area contributed by atoms with E-state index in [9.17, 15) is 19.2 Å². The van der Waals surface area contributed by atoms with E-state index in [4.69, 9.17) is 4.74 Å². The number of aryl methyl sites for hydroxylation is 2. The number of hydrogen-bond donors (Lipinski definition) is 1. The fourth-order valence-corrected chi connectivity index (χ4v) is 3.33. The predicted octanol–water partition coefficient (Wildman–Crippen LogP) is 0.633. The topological polar surface area (TPSA) is 117 Å². The Morgan fingerprint density at radius 1 is 1.13 bits per heavy atom. The monoisotopic (exact) mass is 427 g/mol. The minimum Gasteiger partial charge on any atom is -0.463 e. The SMILES string of the molecule is CC(C)OC(=O)CC(NC(=O)Cn1c(=O)c2c(ncn2C)n(C)c1=O)c1ccccc1. The number of fused-ring (bicyclic) bond motifs is 1. The van der Waals surface area contributed by atoms with Gasteiger partial charge in [0, 0.05) is 14.1 Å². The van der Waals surface area contributed by atoms with Crippen molar-refractivity contribution >= 4 is 23.0 Å². The number of carbonyl (C=O) groups excluding carboxylic acids is 2. The maximum Gasteiger partial charge on any atom is 0.332 e. The van der Waals surface area contributed by atoms with Crippen LogP contribution in [0.5, 0.6) is 0 Å². The number of nitrogens with one attached hydrogen (secondary N) is 1. The molecule has 1 unspecified atom stereocenters. The van der Waals surface area contributed by atoms with Crippen molar-refractivity contribution in [2.75, 3.05) is 0 Å². The minimum atomic E-state index is -0.667. The number of ether oxygens (including phenoxy) is 1. The van der Waals surface area contributed by atoms with Gasteiger partial charge in [0.25, 0.3) is 5.56 Å². The zero-order valence-corrected chi connectivity index (χ0v) is 17.9. The molecule has 10 nitrogen and oxygen atoms in total. The second kappa shape index (κ2) is 8.99. The lowest BCUT2D eigenvalue weighted by Gasteiger charge is -2.20. The first-order valence-electron chi connectivity index (χ1n) is 9.83. The second-order valence-corrected chi connectivity index (χ2v) is 7.53. The molecule has 0 radical (unpaired) electrons. The summed E-state index contributed by atoms with van der Waals surface area (Å²) in [6.45, 7) is 2.99. The fourth-order valence-electron chi connectivity index (χ4n) is 3.33. The Labute approximate surface area is 178 Å². The van der Waals surface area contributed by atoms with E-state index >= 15 is 0 Å². The number of imidazole rings is 1. The lowest BCUT2D eigenvalue weighted by Crippen LogP contribution is -2.44. The van der Waals surface area contributed by atoms with Gasteiger partial charge in [0.15, 0.2) is 11.2 Å². The molecule has 164 valence electrons. The molecule has 0 aliphatic rings. The van der Waals surface area contributed by atoms with Gasteiger partial charge in [-0.2, -0.15) is 0 Å². The van der Waals surface area contributed by atoms with Crippen molar-refractivity contribution in [1.82, 2.24) is 24.0 Å². The van der Waals surface area contributed by atoms with Gasteiger partial charge in [-0.1, -0.05) is 30.3 Å². The Balaban J connectivity index is 1.88. The van der Waals surface area contributed by atoms with Gasteiger partial charge in [0.2, 0.25) is 5.91 Å². The van der Waals surface area contributed by atoms with E-state index in [2.05, 4.69) is 10.3 Å². The van der Waals surface area contributed by atoms with Crippen LogP contribution >= 0.6 is 0 Å². The molecule has 0 spiro atoms. The van der Waals surface area contributed by atoms with E-state index < -0.39 is 35.7 Å². The third-order valence-corrected chi connectivity index (χ3v) is 4.78. The summed E-state index contributed by atoms with van der Waals surface area (Å²) < 4.78 is 8.78. The molecule has 0 aliphatic carbocycles. The Kier molecular flexibility index (Phi) is 6.38. The van der Waals surface area contributed by atoms with E-state index in [1.807, 2.05) is 6.07 Å². The number of aromatic nitrogens is 4. The summed E-state index contributed by atoms with van der Waals surface area (Å²) in [6.07, 6.45) is 1.07. The molecule has 1 N–H and O–H groups in total. The van der Waals surface area contributed by atoms with Gasteiger partial charge in [0.05, 0.1) is 24.9 Å². The van der Waals surface area contributed by atoms with Gasteiger partial charge in [-0.25, -0.2) is 14.3 Å². The van der Waals surface area contributed by atoms with Crippen LogP contribution in [0, 0.1) is 0 Å². The summed E-state index contributed by atoms with van der Waals surface area (Å²) in [5.74, 6) is -1.04. The Morgan fingerprint density at radius 3 is 2.45 bits per heavy atom. The molecule has 1 atom stereocenters. The summed E-state index contributed by atoms with van der Waals surface area (Å²) in [5.41, 5.74) is -0.0905. The standard InChI is InChI=1S/C21H25N5O5/c1-13(2)31-17(28)10-15(14-8-6-5-7-9-14)23-16(27)11-26-20(29)18-19(22-12-24(18)3)25(4)21(26)30/h5-9,12-13,15H,10-11H2,1-4H3,(H,23,27). The van der Waals surface area contributed by atoms with Crippen LogP contribution in [-0.4, -0.2) is 36.7 Å². The summed E-state index contributed by atoms with van der Waals surface area (Å²) in [7, 11) is 3.12. The largest absolute Gasteiger partial charge is 0.463 e. The zero-order valence-electron chi connectivity index (χ0n) is 17.9. The third-order valence-electron chi connectivity index (χ3n) is 4.78. The molecule has 0 aliphatic heterocycles. The van der Waals surface area contributed by atoms with Crippen LogP contribution in [0.25, 0.3) is 11.2 Å². The molecular formula is C21H25N5O5. The van der Waals surface area contributed by atoms with Gasteiger partial charge in [0.1, 0.15) is 6.54 Å². The van der Waals surface area contributed by atoms with Gasteiger partial charge in [-0.05, 0) is 19.4 Å². The molecule has 1 aromatic carbocycles. The average Bonchev–Trinajstić information content (AvgIpc) is 3.11. The second-order valence-electron chi connectivity index (χ2n) is 7.53. The van der Waals surface area contributed by atoms with Gasteiger partial charge >= 0.3 is 11.7 Å². The Bertz CT molecular complexity index is 1220. The zero-order chi connectivity index (χ0) is 22.7. The number of nitrogens with zero attached hydrogens (tertiary/aromatic N) is 4. The van der Waals surface area contributed by atoms with E-state index in [0.717, 1.165) is 4.57 Å². The molecule has 10 heteroatoms. The summed E-state index contributed by atoms with van der Waals surface area (Å²) in [4.78, 5) is 54.5. The van der Waals surface area contributed by atoms with Crippen molar-refractivity contribution in [3.8, 4) is 0 Å².